The molecule has 8 nitrogen and oxygen atoms in total. The number of rotatable bonds is 5. The Morgan fingerprint density at radius 1 is 1.53 bits per heavy atom. The van der Waals surface area contributed by atoms with Crippen LogP contribution in [-0.2, 0) is 24.3 Å². The normalized spacial score (nSPS) is 21.9. The van der Waals surface area contributed by atoms with Crippen LogP contribution in [0.2, 0.25) is 0 Å². The van der Waals surface area contributed by atoms with Crippen LogP contribution < -0.4 is 5.32 Å². The van der Waals surface area contributed by atoms with E-state index in [9.17, 15) is 23.1 Å². The number of carbonyl (C=O) groups excluding carboxylic acids is 2. The predicted molar refractivity (Wildman–Crippen MR) is 65.6 cm³/mol. The largest absolute Gasteiger partial charge is 0.467 e. The molecular weight excluding hydrogens is 276 g/mol. The molecule has 0 radical (unpaired) electrons. The molecule has 2 N–H and O–H groups in total. The number of methoxy groups -OCH3 is 1. The van der Waals surface area contributed by atoms with Crippen molar-refractivity contribution in [2.75, 3.05) is 26.5 Å². The SMILES string of the molecule is COC(=O)C(O)CNC(=O)C1CCCN1S(C)(=O)=O. The summed E-state index contributed by atoms with van der Waals surface area (Å²) in [5, 5.41) is 11.7. The molecule has 0 spiro atoms. The number of nitrogens with zero attached hydrogens (tertiary/aromatic N) is 1. The van der Waals surface area contributed by atoms with Crippen molar-refractivity contribution in [2.24, 2.45) is 0 Å². The number of amides is 1. The summed E-state index contributed by atoms with van der Waals surface area (Å²) in [5.74, 6) is -1.38. The van der Waals surface area contributed by atoms with Crippen LogP contribution in [0.15, 0.2) is 0 Å². The number of esters is 1. The van der Waals surface area contributed by atoms with Crippen LogP contribution in [0.1, 0.15) is 12.8 Å². The second-order valence-electron chi connectivity index (χ2n) is 4.32. The van der Waals surface area contributed by atoms with E-state index in [-0.39, 0.29) is 6.54 Å². The monoisotopic (exact) mass is 294 g/mol. The molecule has 0 aromatic rings. The Bertz CT molecular complexity index is 449. The van der Waals surface area contributed by atoms with Crippen molar-refractivity contribution >= 4 is 21.9 Å². The number of hydrogen-bond acceptors (Lipinski definition) is 6. The van der Waals surface area contributed by atoms with E-state index in [0.717, 1.165) is 17.7 Å². The average molecular weight is 294 g/mol. The molecule has 110 valence electrons. The third-order valence-corrected chi connectivity index (χ3v) is 4.16. The maximum Gasteiger partial charge on any atom is 0.336 e. The molecular formula is C10H18N2O6S. The minimum Gasteiger partial charge on any atom is -0.467 e. The lowest BCUT2D eigenvalue weighted by Gasteiger charge is -2.21. The Labute approximate surface area is 111 Å². The zero-order valence-corrected chi connectivity index (χ0v) is 11.6. The van der Waals surface area contributed by atoms with Crippen molar-refractivity contribution < 1.29 is 27.9 Å². The van der Waals surface area contributed by atoms with Gasteiger partial charge in [0.25, 0.3) is 0 Å². The van der Waals surface area contributed by atoms with Gasteiger partial charge in [-0.2, -0.15) is 4.31 Å². The third-order valence-electron chi connectivity index (χ3n) is 2.88. The van der Waals surface area contributed by atoms with E-state index < -0.39 is 34.0 Å². The zero-order valence-electron chi connectivity index (χ0n) is 10.8. The number of carbonyl (C=O) groups is 2. The lowest BCUT2D eigenvalue weighted by Crippen LogP contribution is -2.48. The first kappa shape index (κ1) is 15.9. The summed E-state index contributed by atoms with van der Waals surface area (Å²) in [6, 6.07) is -0.778. The Kier molecular flexibility index (Phi) is 5.27. The van der Waals surface area contributed by atoms with Gasteiger partial charge in [0.2, 0.25) is 15.9 Å². The van der Waals surface area contributed by atoms with Crippen LogP contribution >= 0.6 is 0 Å². The highest BCUT2D eigenvalue weighted by atomic mass is 32.2. The minimum atomic E-state index is -3.44. The Morgan fingerprint density at radius 2 is 2.16 bits per heavy atom. The fourth-order valence-electron chi connectivity index (χ4n) is 1.93. The molecule has 0 aromatic carbocycles. The first-order valence-electron chi connectivity index (χ1n) is 5.77. The zero-order chi connectivity index (χ0) is 14.6. The molecule has 0 saturated carbocycles. The van der Waals surface area contributed by atoms with Crippen molar-refractivity contribution in [3.8, 4) is 0 Å². The second kappa shape index (κ2) is 6.31. The van der Waals surface area contributed by atoms with Gasteiger partial charge >= 0.3 is 5.97 Å². The van der Waals surface area contributed by atoms with E-state index in [4.69, 9.17) is 0 Å². The highest BCUT2D eigenvalue weighted by Crippen LogP contribution is 2.20. The van der Waals surface area contributed by atoms with E-state index in [2.05, 4.69) is 10.1 Å². The van der Waals surface area contributed by atoms with Gasteiger partial charge in [-0.3, -0.25) is 4.79 Å². The van der Waals surface area contributed by atoms with Crippen LogP contribution in [0.25, 0.3) is 0 Å². The lowest BCUT2D eigenvalue weighted by molar-refractivity contribution is -0.150. The Morgan fingerprint density at radius 3 is 2.68 bits per heavy atom. The summed E-state index contributed by atoms with van der Waals surface area (Å²) in [4.78, 5) is 22.8. The topological polar surface area (TPSA) is 113 Å². The number of aliphatic hydroxyl groups is 1. The molecule has 0 aromatic heterocycles. The molecule has 1 saturated heterocycles. The highest BCUT2D eigenvalue weighted by Gasteiger charge is 2.36. The van der Waals surface area contributed by atoms with Gasteiger partial charge in [-0.15, -0.1) is 0 Å². The van der Waals surface area contributed by atoms with Crippen LogP contribution in [0, 0.1) is 0 Å². The number of ether oxygens (including phenoxy) is 1. The average Bonchev–Trinajstić information content (AvgIpc) is 2.83. The number of hydrogen-bond donors (Lipinski definition) is 2. The lowest BCUT2D eigenvalue weighted by atomic mass is 10.2. The quantitative estimate of drug-likeness (QED) is 0.570. The van der Waals surface area contributed by atoms with Gasteiger partial charge in [-0.25, -0.2) is 13.2 Å². The summed E-state index contributed by atoms with van der Waals surface area (Å²) < 4.78 is 28.3. The molecule has 0 aliphatic carbocycles. The fourth-order valence-corrected chi connectivity index (χ4v) is 3.06. The van der Waals surface area contributed by atoms with Gasteiger partial charge in [0.05, 0.1) is 19.9 Å². The maximum absolute atomic E-state index is 11.8. The van der Waals surface area contributed by atoms with Crippen molar-refractivity contribution in [1.82, 2.24) is 9.62 Å². The molecule has 1 aliphatic heterocycles. The molecule has 2 unspecified atom stereocenters. The molecule has 1 rings (SSSR count). The fraction of sp³-hybridized carbons (Fsp3) is 0.800. The van der Waals surface area contributed by atoms with Gasteiger partial charge in [0.1, 0.15) is 6.04 Å². The van der Waals surface area contributed by atoms with E-state index in [1.807, 2.05) is 0 Å². The van der Waals surface area contributed by atoms with Crippen LogP contribution in [-0.4, -0.2) is 68.3 Å². The van der Waals surface area contributed by atoms with E-state index in [0.29, 0.717) is 19.4 Å². The molecule has 1 fully saturated rings. The number of nitrogens with one attached hydrogen (secondary N) is 1. The van der Waals surface area contributed by atoms with Crippen molar-refractivity contribution in [3.05, 3.63) is 0 Å². The summed E-state index contributed by atoms with van der Waals surface area (Å²) >= 11 is 0. The van der Waals surface area contributed by atoms with Crippen molar-refractivity contribution in [2.45, 2.75) is 25.0 Å². The molecule has 0 bridgehead atoms. The smallest absolute Gasteiger partial charge is 0.336 e. The van der Waals surface area contributed by atoms with Crippen LogP contribution in [0.5, 0.6) is 0 Å². The molecule has 1 aliphatic rings. The number of sulfonamides is 1. The molecule has 2 atom stereocenters. The van der Waals surface area contributed by atoms with Crippen LogP contribution in [0.4, 0.5) is 0 Å². The van der Waals surface area contributed by atoms with Crippen LogP contribution in [0.3, 0.4) is 0 Å². The minimum absolute atomic E-state index is 0.302. The predicted octanol–water partition coefficient (Wildman–Crippen LogP) is -1.94. The highest BCUT2D eigenvalue weighted by molar-refractivity contribution is 7.88. The Balaban J connectivity index is 2.56. The number of aliphatic hydroxyl groups excluding tert-OH is 1. The molecule has 1 amide bonds. The van der Waals surface area contributed by atoms with Crippen molar-refractivity contribution in [1.29, 1.82) is 0 Å². The van der Waals surface area contributed by atoms with E-state index in [1.165, 1.54) is 0 Å². The molecule has 19 heavy (non-hydrogen) atoms. The van der Waals surface area contributed by atoms with E-state index in [1.54, 1.807) is 0 Å². The summed E-state index contributed by atoms with van der Waals surface area (Å²) in [7, 11) is -2.32. The molecule has 1 heterocycles. The van der Waals surface area contributed by atoms with E-state index >= 15 is 0 Å². The standard InChI is InChI=1S/C10H18N2O6S/c1-18-10(15)8(13)6-11-9(14)7-4-3-5-12(7)19(2,16)17/h7-8,13H,3-6H2,1-2H3,(H,11,14). The summed E-state index contributed by atoms with van der Waals surface area (Å²) in [6.07, 6.45) is 0.613. The van der Waals surface area contributed by atoms with Gasteiger partial charge in [0, 0.05) is 6.54 Å². The maximum atomic E-state index is 11.8. The summed E-state index contributed by atoms with van der Waals surface area (Å²) in [5.41, 5.74) is 0. The second-order valence-corrected chi connectivity index (χ2v) is 6.25. The Hall–Kier alpha value is -1.19. The first-order chi connectivity index (χ1) is 8.77. The van der Waals surface area contributed by atoms with Crippen molar-refractivity contribution in [3.63, 3.8) is 0 Å². The van der Waals surface area contributed by atoms with Gasteiger partial charge < -0.3 is 15.2 Å². The van der Waals surface area contributed by atoms with Gasteiger partial charge in [0.15, 0.2) is 6.10 Å². The molecule has 9 heteroatoms. The van der Waals surface area contributed by atoms with Gasteiger partial charge in [-0.05, 0) is 12.8 Å². The third kappa shape index (κ3) is 4.15. The van der Waals surface area contributed by atoms with Gasteiger partial charge in [-0.1, -0.05) is 0 Å². The summed E-state index contributed by atoms with van der Waals surface area (Å²) in [6.45, 7) is -0.00389. The first-order valence-corrected chi connectivity index (χ1v) is 7.62.